The molecule has 1 aromatic rings. The van der Waals surface area contributed by atoms with Gasteiger partial charge in [0.15, 0.2) is 0 Å². The number of aliphatic hydroxyl groups is 1. The summed E-state index contributed by atoms with van der Waals surface area (Å²) in [5.74, 6) is 0.526. The van der Waals surface area contributed by atoms with Gasteiger partial charge in [-0.3, -0.25) is 4.68 Å². The highest BCUT2D eigenvalue weighted by atomic mass is 79.9. The Hall–Kier alpha value is -1.83. The lowest BCUT2D eigenvalue weighted by Gasteiger charge is -2.28. The summed E-state index contributed by atoms with van der Waals surface area (Å²) in [6, 6.07) is -0.300. The molecule has 27 heavy (non-hydrogen) atoms. The van der Waals surface area contributed by atoms with Crippen LogP contribution in [0.2, 0.25) is 0 Å². The molecule has 1 fully saturated rings. The van der Waals surface area contributed by atoms with Crippen LogP contribution < -0.4 is 5.32 Å². The van der Waals surface area contributed by atoms with Crippen LogP contribution in [0.1, 0.15) is 33.2 Å². The first-order valence-corrected chi connectivity index (χ1v) is 9.49. The third-order valence-electron chi connectivity index (χ3n) is 4.09. The van der Waals surface area contributed by atoms with Crippen molar-refractivity contribution >= 4 is 33.5 Å². The molecule has 1 aliphatic rings. The number of methoxy groups -OCH3 is 1. The molecule has 1 saturated heterocycles. The number of amides is 1. The number of anilines is 1. The Morgan fingerprint density at radius 3 is 2.78 bits per heavy atom. The number of hydrogen-bond donors (Lipinski definition) is 2. The highest BCUT2D eigenvalue weighted by Gasteiger charge is 2.40. The number of hydrogen-bond acceptors (Lipinski definition) is 6. The first-order chi connectivity index (χ1) is 12.7. The lowest BCUT2D eigenvalue weighted by Crippen LogP contribution is -2.41. The van der Waals surface area contributed by atoms with Gasteiger partial charge in [-0.1, -0.05) is 0 Å². The van der Waals surface area contributed by atoms with Crippen molar-refractivity contribution in [3.8, 4) is 0 Å². The summed E-state index contributed by atoms with van der Waals surface area (Å²) in [6.07, 6.45) is 0.223. The largest absolute Gasteiger partial charge is 0.444 e. The minimum atomic E-state index is -0.591. The number of halogens is 1. The molecule has 10 heteroatoms. The van der Waals surface area contributed by atoms with Crippen LogP contribution in [0.25, 0.3) is 4.85 Å². The first kappa shape index (κ1) is 21.5. The van der Waals surface area contributed by atoms with Crippen LogP contribution in [-0.4, -0.2) is 70.9 Å². The molecule has 150 valence electrons. The minimum Gasteiger partial charge on any atom is -0.444 e. The van der Waals surface area contributed by atoms with Gasteiger partial charge in [0, 0.05) is 20.2 Å². The van der Waals surface area contributed by atoms with Gasteiger partial charge in [0.1, 0.15) is 16.0 Å². The van der Waals surface area contributed by atoms with Crippen molar-refractivity contribution in [1.29, 1.82) is 0 Å². The van der Waals surface area contributed by atoms with Crippen molar-refractivity contribution in [2.24, 2.45) is 0 Å². The molecule has 0 radical (unpaired) electrons. The Bertz CT molecular complexity index is 709. The molecular formula is C17H26BrN5O4. The highest BCUT2D eigenvalue weighted by Crippen LogP contribution is 2.39. The maximum absolute atomic E-state index is 12.6. The fourth-order valence-electron chi connectivity index (χ4n) is 3.06. The number of nitrogens with one attached hydrogen (secondary N) is 1. The normalized spacial score (nSPS) is 19.8. The quantitative estimate of drug-likeness (QED) is 0.656. The van der Waals surface area contributed by atoms with Crippen molar-refractivity contribution in [2.75, 3.05) is 38.7 Å². The average molecular weight is 444 g/mol. The van der Waals surface area contributed by atoms with Crippen molar-refractivity contribution in [2.45, 2.75) is 44.9 Å². The topological polar surface area (TPSA) is 93.2 Å². The van der Waals surface area contributed by atoms with E-state index in [0.29, 0.717) is 42.2 Å². The number of ether oxygens (including phenoxy) is 2. The summed E-state index contributed by atoms with van der Waals surface area (Å²) in [6.45, 7) is 13.9. The van der Waals surface area contributed by atoms with E-state index in [1.54, 1.807) is 16.7 Å². The maximum Gasteiger partial charge on any atom is 0.410 e. The van der Waals surface area contributed by atoms with Crippen LogP contribution in [0.3, 0.4) is 0 Å². The van der Waals surface area contributed by atoms with Crippen LogP contribution in [0, 0.1) is 6.57 Å². The van der Waals surface area contributed by atoms with Crippen molar-refractivity contribution in [1.82, 2.24) is 14.7 Å². The van der Waals surface area contributed by atoms with Gasteiger partial charge < -0.3 is 24.8 Å². The number of carbonyl (C=O) groups is 1. The van der Waals surface area contributed by atoms with E-state index in [-0.39, 0.29) is 18.7 Å². The predicted octanol–water partition coefficient (Wildman–Crippen LogP) is 2.80. The molecule has 0 saturated carbocycles. The molecular weight excluding hydrogens is 418 g/mol. The summed E-state index contributed by atoms with van der Waals surface area (Å²) >= 11 is 3.32. The van der Waals surface area contributed by atoms with Gasteiger partial charge in [-0.25, -0.2) is 9.64 Å². The SMILES string of the molecule is [C-]#[N+]c1c(Br)nn([C@H]2C[C@H](COC)N(C(=O)OC(C)(C)C)C2)c1NCCO. The summed E-state index contributed by atoms with van der Waals surface area (Å²) < 4.78 is 12.9. The van der Waals surface area contributed by atoms with Gasteiger partial charge in [-0.2, -0.15) is 5.10 Å². The number of rotatable bonds is 6. The Morgan fingerprint density at radius 2 is 2.22 bits per heavy atom. The monoisotopic (exact) mass is 443 g/mol. The molecule has 0 aliphatic carbocycles. The molecule has 2 heterocycles. The summed E-state index contributed by atoms with van der Waals surface area (Å²) in [4.78, 5) is 17.8. The third kappa shape index (κ3) is 5.12. The van der Waals surface area contributed by atoms with Crippen LogP contribution in [0.5, 0.6) is 0 Å². The highest BCUT2D eigenvalue weighted by molar-refractivity contribution is 9.10. The zero-order valence-electron chi connectivity index (χ0n) is 16.0. The van der Waals surface area contributed by atoms with Gasteiger partial charge in [-0.15, -0.1) is 0 Å². The Morgan fingerprint density at radius 1 is 1.52 bits per heavy atom. The van der Waals surface area contributed by atoms with Gasteiger partial charge >= 0.3 is 6.09 Å². The number of aliphatic hydroxyl groups excluding tert-OH is 1. The second-order valence-electron chi connectivity index (χ2n) is 7.33. The molecule has 0 unspecified atom stereocenters. The fraction of sp³-hybridized carbons (Fsp3) is 0.706. The van der Waals surface area contributed by atoms with Crippen molar-refractivity contribution in [3.63, 3.8) is 0 Å². The molecule has 1 aromatic heterocycles. The van der Waals surface area contributed by atoms with Gasteiger partial charge in [0.05, 0.1) is 31.9 Å². The van der Waals surface area contributed by atoms with E-state index in [9.17, 15) is 4.79 Å². The molecule has 0 aromatic carbocycles. The third-order valence-corrected chi connectivity index (χ3v) is 4.62. The Labute approximate surface area is 167 Å². The molecule has 1 amide bonds. The van der Waals surface area contributed by atoms with E-state index in [1.165, 1.54) is 0 Å². The smallest absolute Gasteiger partial charge is 0.410 e. The van der Waals surface area contributed by atoms with E-state index < -0.39 is 11.7 Å². The summed E-state index contributed by atoms with van der Waals surface area (Å²) in [5, 5.41) is 16.6. The molecule has 9 nitrogen and oxygen atoms in total. The van der Waals surface area contributed by atoms with Gasteiger partial charge in [-0.05, 0) is 43.1 Å². The number of carbonyl (C=O) groups excluding carboxylic acids is 1. The Kier molecular flexibility index (Phi) is 7.08. The molecule has 0 bridgehead atoms. The predicted molar refractivity (Wildman–Crippen MR) is 104 cm³/mol. The second-order valence-corrected chi connectivity index (χ2v) is 8.08. The zero-order valence-corrected chi connectivity index (χ0v) is 17.6. The van der Waals surface area contributed by atoms with E-state index in [0.717, 1.165) is 0 Å². The Balaban J connectivity index is 2.29. The van der Waals surface area contributed by atoms with Crippen molar-refractivity contribution in [3.05, 3.63) is 16.0 Å². The lowest BCUT2D eigenvalue weighted by atomic mass is 10.2. The van der Waals surface area contributed by atoms with E-state index in [4.69, 9.17) is 21.2 Å². The van der Waals surface area contributed by atoms with E-state index >= 15 is 0 Å². The average Bonchev–Trinajstić information content (AvgIpc) is 3.12. The molecule has 1 aliphatic heterocycles. The van der Waals surface area contributed by atoms with Crippen LogP contribution >= 0.6 is 15.9 Å². The first-order valence-electron chi connectivity index (χ1n) is 8.70. The molecule has 0 spiro atoms. The molecule has 2 N–H and O–H groups in total. The fourth-order valence-corrected chi connectivity index (χ4v) is 3.51. The van der Waals surface area contributed by atoms with E-state index in [2.05, 4.69) is 31.2 Å². The number of aromatic nitrogens is 2. The van der Waals surface area contributed by atoms with Gasteiger partial charge in [0.2, 0.25) is 0 Å². The second kappa shape index (κ2) is 8.91. The van der Waals surface area contributed by atoms with Crippen LogP contribution in [-0.2, 0) is 9.47 Å². The summed E-state index contributed by atoms with van der Waals surface area (Å²) in [5.41, 5.74) is -0.241. The zero-order chi connectivity index (χ0) is 20.2. The molecule has 2 rings (SSSR count). The number of nitrogens with zero attached hydrogens (tertiary/aromatic N) is 4. The van der Waals surface area contributed by atoms with Crippen molar-refractivity contribution < 1.29 is 19.4 Å². The van der Waals surface area contributed by atoms with Crippen LogP contribution in [0.15, 0.2) is 4.60 Å². The van der Waals surface area contributed by atoms with Gasteiger partial charge in [0.25, 0.3) is 5.69 Å². The maximum atomic E-state index is 12.6. The lowest BCUT2D eigenvalue weighted by molar-refractivity contribution is 0.0145. The molecule has 2 atom stereocenters. The summed E-state index contributed by atoms with van der Waals surface area (Å²) in [7, 11) is 1.59. The standard InChI is InChI=1S/C17H26BrN5O4/c1-17(2,3)27-16(25)22-9-11(8-12(22)10-26-5)23-15(20-6-7-24)13(19-4)14(18)21-23/h11-12,20,24H,6-10H2,1-3,5H3/t11-,12+/m0/s1. The number of likely N-dealkylation sites (tertiary alicyclic amines) is 1. The van der Waals surface area contributed by atoms with E-state index in [1.807, 2.05) is 20.8 Å². The van der Waals surface area contributed by atoms with Crippen LogP contribution in [0.4, 0.5) is 16.3 Å². The minimum absolute atomic E-state index is 0.0682.